The fourth-order valence-corrected chi connectivity index (χ4v) is 7.43. The summed E-state index contributed by atoms with van der Waals surface area (Å²) in [6.45, 7) is -0.319. The second kappa shape index (κ2) is 7.57. The summed E-state index contributed by atoms with van der Waals surface area (Å²) in [5.74, 6) is -0.555. The van der Waals surface area contributed by atoms with Crippen LogP contribution in [0.1, 0.15) is 10.1 Å². The highest BCUT2D eigenvalue weighted by atomic mass is 32.2. The largest absolute Gasteiger partial charge is 0.240 e. The third-order valence-corrected chi connectivity index (χ3v) is 9.68. The van der Waals surface area contributed by atoms with Crippen molar-refractivity contribution in [3.8, 4) is 0 Å². The van der Waals surface area contributed by atoms with Gasteiger partial charge in [0.2, 0.25) is 10.0 Å². The minimum absolute atomic E-state index is 0.127. The molecule has 0 radical (unpaired) electrons. The lowest BCUT2D eigenvalue weighted by molar-refractivity contribution is 0.570. The molecule has 1 aromatic carbocycles. The smallest absolute Gasteiger partial charge is 0.222 e. The Hall–Kier alpha value is -1.59. The van der Waals surface area contributed by atoms with Gasteiger partial charge in [-0.2, -0.15) is 0 Å². The number of halogens is 1. The number of hydrogen-bond acceptors (Lipinski definition) is 6. The fraction of sp³-hybridized carbons (Fsp3) is 0.125. The second-order valence-corrected chi connectivity index (χ2v) is 11.3. The molecule has 3 aromatic rings. The van der Waals surface area contributed by atoms with E-state index in [9.17, 15) is 21.2 Å². The van der Waals surface area contributed by atoms with Crippen LogP contribution in [-0.2, 0) is 19.9 Å². The zero-order valence-corrected chi connectivity index (χ0v) is 16.5. The van der Waals surface area contributed by atoms with Crippen LogP contribution in [-0.4, -0.2) is 23.4 Å². The number of thiophene rings is 2. The quantitative estimate of drug-likeness (QED) is 0.621. The van der Waals surface area contributed by atoms with E-state index in [1.165, 1.54) is 17.4 Å². The molecular weight excluding hydrogens is 417 g/mol. The first kappa shape index (κ1) is 19.2. The summed E-state index contributed by atoms with van der Waals surface area (Å²) in [6.07, 6.45) is 0. The first-order chi connectivity index (χ1) is 12.3. The molecule has 0 amide bonds. The summed E-state index contributed by atoms with van der Waals surface area (Å²) in [4.78, 5) is 0.414. The molecule has 5 nitrogen and oxygen atoms in total. The van der Waals surface area contributed by atoms with Crippen molar-refractivity contribution in [2.75, 3.05) is 6.54 Å². The molecule has 0 fully saturated rings. The Kier molecular flexibility index (Phi) is 5.58. The fourth-order valence-electron chi connectivity index (χ4n) is 2.29. The Morgan fingerprint density at radius 2 is 1.58 bits per heavy atom. The number of sulfonamides is 1. The predicted molar refractivity (Wildman–Crippen MR) is 100 cm³/mol. The Morgan fingerprint density at radius 1 is 0.923 bits per heavy atom. The molecule has 2 heterocycles. The summed E-state index contributed by atoms with van der Waals surface area (Å²) >= 11 is 2.33. The topological polar surface area (TPSA) is 80.3 Å². The van der Waals surface area contributed by atoms with Crippen LogP contribution < -0.4 is 4.72 Å². The highest BCUT2D eigenvalue weighted by Gasteiger charge is 2.32. The number of rotatable bonds is 7. The summed E-state index contributed by atoms with van der Waals surface area (Å²) in [5, 5.41) is 2.35. The van der Waals surface area contributed by atoms with E-state index in [-0.39, 0.29) is 15.6 Å². The van der Waals surface area contributed by atoms with E-state index in [4.69, 9.17) is 0 Å². The number of hydrogen-bond donors (Lipinski definition) is 1. The molecule has 138 valence electrons. The monoisotopic (exact) mass is 431 g/mol. The lowest BCUT2D eigenvalue weighted by atomic mass is 10.3. The van der Waals surface area contributed by atoms with Gasteiger partial charge in [0.05, 0.1) is 4.90 Å². The molecule has 1 atom stereocenters. The molecule has 0 bridgehead atoms. The summed E-state index contributed by atoms with van der Waals surface area (Å²) in [6, 6.07) is 10.8. The van der Waals surface area contributed by atoms with Gasteiger partial charge in [-0.25, -0.2) is 25.9 Å². The zero-order chi connectivity index (χ0) is 18.8. The normalized spacial score (nSPS) is 13.6. The van der Waals surface area contributed by atoms with Crippen LogP contribution in [0.5, 0.6) is 0 Å². The maximum absolute atomic E-state index is 13.0. The molecule has 0 aliphatic carbocycles. The van der Waals surface area contributed by atoms with Crippen LogP contribution in [0.3, 0.4) is 0 Å². The lowest BCUT2D eigenvalue weighted by Gasteiger charge is -2.16. The van der Waals surface area contributed by atoms with Crippen molar-refractivity contribution < 1.29 is 21.2 Å². The van der Waals surface area contributed by atoms with Crippen LogP contribution in [0.25, 0.3) is 0 Å². The van der Waals surface area contributed by atoms with Gasteiger partial charge in [-0.3, -0.25) is 0 Å². The van der Waals surface area contributed by atoms with Crippen LogP contribution in [0.4, 0.5) is 4.39 Å². The van der Waals surface area contributed by atoms with Crippen molar-refractivity contribution >= 4 is 42.5 Å². The standard InChI is InChI=1S/C16H14FNO4S4/c17-12-5-7-13(8-6-12)26(21,22)18-11-15(14-3-1-9-23-14)25(19,20)16-4-2-10-24-16/h1-10,15,18H,11H2/t15-/m0/s1. The average Bonchev–Trinajstić information content (AvgIpc) is 3.29. The molecule has 0 aliphatic heterocycles. The van der Waals surface area contributed by atoms with Gasteiger partial charge in [0.1, 0.15) is 15.3 Å². The minimum atomic E-state index is -3.97. The molecular formula is C16H14FNO4S4. The van der Waals surface area contributed by atoms with Crippen LogP contribution in [0.2, 0.25) is 0 Å². The third-order valence-electron chi connectivity index (χ3n) is 3.59. The van der Waals surface area contributed by atoms with Crippen molar-refractivity contribution in [1.29, 1.82) is 0 Å². The van der Waals surface area contributed by atoms with E-state index in [0.717, 1.165) is 35.6 Å². The van der Waals surface area contributed by atoms with Gasteiger partial charge in [0.25, 0.3) is 0 Å². The molecule has 10 heteroatoms. The molecule has 26 heavy (non-hydrogen) atoms. The Bertz CT molecular complexity index is 1060. The Balaban J connectivity index is 1.89. The van der Waals surface area contributed by atoms with Gasteiger partial charge in [-0.1, -0.05) is 12.1 Å². The van der Waals surface area contributed by atoms with Crippen molar-refractivity contribution in [3.63, 3.8) is 0 Å². The molecule has 0 aliphatic rings. The van der Waals surface area contributed by atoms with Gasteiger partial charge in [0, 0.05) is 11.4 Å². The second-order valence-electron chi connectivity index (χ2n) is 5.29. The molecule has 3 rings (SSSR count). The summed E-state index contributed by atoms with van der Waals surface area (Å²) < 4.78 is 66.2. The Labute approximate surface area is 159 Å². The molecule has 0 unspecified atom stereocenters. The van der Waals surface area contributed by atoms with Crippen molar-refractivity contribution in [2.24, 2.45) is 0 Å². The van der Waals surface area contributed by atoms with Crippen LogP contribution >= 0.6 is 22.7 Å². The predicted octanol–water partition coefficient (Wildman–Crippen LogP) is 3.44. The summed E-state index contributed by atoms with van der Waals surface area (Å²) in [7, 11) is -7.72. The van der Waals surface area contributed by atoms with E-state index < -0.39 is 30.9 Å². The summed E-state index contributed by atoms with van der Waals surface area (Å²) in [5.41, 5.74) is 0. The Morgan fingerprint density at radius 3 is 2.15 bits per heavy atom. The van der Waals surface area contributed by atoms with E-state index in [2.05, 4.69) is 4.72 Å². The lowest BCUT2D eigenvalue weighted by Crippen LogP contribution is -2.31. The van der Waals surface area contributed by atoms with Gasteiger partial charge in [-0.05, 0) is 47.2 Å². The highest BCUT2D eigenvalue weighted by Crippen LogP contribution is 2.33. The molecule has 0 spiro atoms. The number of benzene rings is 1. The van der Waals surface area contributed by atoms with Gasteiger partial charge in [-0.15, -0.1) is 22.7 Å². The number of nitrogens with one attached hydrogen (secondary N) is 1. The SMILES string of the molecule is O=S(=O)(NC[C@@H](c1cccs1)S(=O)(=O)c1cccs1)c1ccc(F)cc1. The first-order valence-corrected chi connectivity index (χ1v) is 12.2. The molecule has 0 saturated carbocycles. The maximum atomic E-state index is 13.0. The van der Waals surface area contributed by atoms with Crippen LogP contribution in [0.15, 0.2) is 68.4 Å². The molecule has 2 aromatic heterocycles. The molecule has 1 N–H and O–H groups in total. The van der Waals surface area contributed by atoms with E-state index in [0.29, 0.717) is 4.88 Å². The highest BCUT2D eigenvalue weighted by molar-refractivity contribution is 7.94. The van der Waals surface area contributed by atoms with Gasteiger partial charge < -0.3 is 0 Å². The van der Waals surface area contributed by atoms with Crippen molar-refractivity contribution in [3.05, 3.63) is 70.0 Å². The van der Waals surface area contributed by atoms with Gasteiger partial charge >= 0.3 is 0 Å². The van der Waals surface area contributed by atoms with Crippen LogP contribution in [0, 0.1) is 5.82 Å². The van der Waals surface area contributed by atoms with Crippen molar-refractivity contribution in [2.45, 2.75) is 14.4 Å². The first-order valence-electron chi connectivity index (χ1n) is 7.37. The zero-order valence-electron chi connectivity index (χ0n) is 13.2. The van der Waals surface area contributed by atoms with Crippen molar-refractivity contribution in [1.82, 2.24) is 4.72 Å². The molecule has 0 saturated heterocycles. The number of sulfone groups is 1. The van der Waals surface area contributed by atoms with E-state index >= 15 is 0 Å². The maximum Gasteiger partial charge on any atom is 0.240 e. The average molecular weight is 432 g/mol. The van der Waals surface area contributed by atoms with E-state index in [1.807, 2.05) is 0 Å². The third kappa shape index (κ3) is 4.04. The van der Waals surface area contributed by atoms with Gasteiger partial charge in [0.15, 0.2) is 9.84 Å². The van der Waals surface area contributed by atoms with E-state index in [1.54, 1.807) is 29.0 Å². The minimum Gasteiger partial charge on any atom is -0.222 e.